The van der Waals surface area contributed by atoms with Crippen molar-refractivity contribution in [2.75, 3.05) is 5.32 Å². The number of aromatic nitrogens is 2. The topological polar surface area (TPSA) is 124 Å². The number of hydrogen-bond donors (Lipinski definition) is 1. The molecule has 2 heterocycles. The lowest BCUT2D eigenvalue weighted by Crippen LogP contribution is -2.12. The lowest BCUT2D eigenvalue weighted by Gasteiger charge is -2.06. The van der Waals surface area contributed by atoms with Gasteiger partial charge in [-0.05, 0) is 65.3 Å². The van der Waals surface area contributed by atoms with E-state index in [1.807, 2.05) is 0 Å². The fourth-order valence-electron chi connectivity index (χ4n) is 2.72. The summed E-state index contributed by atoms with van der Waals surface area (Å²) in [5.41, 5.74) is 1.78. The van der Waals surface area contributed by atoms with Gasteiger partial charge in [0.25, 0.3) is 17.5 Å². The second-order valence-corrected chi connectivity index (χ2v) is 7.10. The predicted molar refractivity (Wildman–Crippen MR) is 111 cm³/mol. The number of nitro groups is 1. The van der Waals surface area contributed by atoms with Crippen LogP contribution in [0.3, 0.4) is 0 Å². The Bertz CT molecular complexity index is 1250. The van der Waals surface area contributed by atoms with E-state index in [-0.39, 0.29) is 17.1 Å². The van der Waals surface area contributed by atoms with E-state index in [2.05, 4.69) is 31.4 Å². The summed E-state index contributed by atoms with van der Waals surface area (Å²) in [6, 6.07) is 14.6. The Morgan fingerprint density at radius 2 is 1.90 bits per heavy atom. The van der Waals surface area contributed by atoms with Crippen molar-refractivity contribution in [1.82, 2.24) is 10.1 Å². The number of benzene rings is 2. The second kappa shape index (κ2) is 7.91. The Hall–Kier alpha value is -3.79. The Morgan fingerprint density at radius 1 is 1.13 bits per heavy atom. The van der Waals surface area contributed by atoms with E-state index >= 15 is 0 Å². The number of carbonyl (C=O) groups is 1. The number of hydrogen-bond acceptors (Lipinski definition) is 7. The molecular formula is C20H13BrN4O5. The highest BCUT2D eigenvalue weighted by atomic mass is 79.9. The minimum Gasteiger partial charge on any atom is -0.444 e. The molecule has 0 fully saturated rings. The van der Waals surface area contributed by atoms with Crippen LogP contribution in [0, 0.1) is 17.0 Å². The van der Waals surface area contributed by atoms with Crippen molar-refractivity contribution in [1.29, 1.82) is 0 Å². The minimum absolute atomic E-state index is 0.102. The third-order valence-electron chi connectivity index (χ3n) is 4.28. The van der Waals surface area contributed by atoms with E-state index < -0.39 is 10.8 Å². The van der Waals surface area contributed by atoms with Crippen LogP contribution < -0.4 is 5.32 Å². The van der Waals surface area contributed by atoms with Gasteiger partial charge in [-0.15, -0.1) is 0 Å². The Morgan fingerprint density at radius 3 is 2.57 bits per heavy atom. The maximum Gasteiger partial charge on any atom is 0.293 e. The molecule has 10 heteroatoms. The van der Waals surface area contributed by atoms with Crippen LogP contribution in [0.2, 0.25) is 0 Å². The molecule has 9 nitrogen and oxygen atoms in total. The average molecular weight is 469 g/mol. The van der Waals surface area contributed by atoms with Gasteiger partial charge in [0, 0.05) is 28.4 Å². The molecule has 0 radical (unpaired) electrons. The largest absolute Gasteiger partial charge is 0.444 e. The molecule has 0 saturated heterocycles. The molecule has 0 saturated carbocycles. The smallest absolute Gasteiger partial charge is 0.293 e. The van der Waals surface area contributed by atoms with Crippen molar-refractivity contribution < 1.29 is 18.7 Å². The summed E-state index contributed by atoms with van der Waals surface area (Å²) in [6.45, 7) is 1.62. The molecule has 0 bridgehead atoms. The number of carbonyl (C=O) groups excluding carboxylic acids is 1. The number of amides is 1. The first-order valence-electron chi connectivity index (χ1n) is 8.67. The molecule has 4 aromatic rings. The first-order valence-corrected chi connectivity index (χ1v) is 9.46. The summed E-state index contributed by atoms with van der Waals surface area (Å²) < 4.78 is 11.1. The van der Waals surface area contributed by atoms with Gasteiger partial charge in [0.05, 0.1) is 4.92 Å². The van der Waals surface area contributed by atoms with E-state index in [4.69, 9.17) is 8.94 Å². The highest BCUT2D eigenvalue weighted by Crippen LogP contribution is 2.27. The first-order chi connectivity index (χ1) is 14.4. The first kappa shape index (κ1) is 19.5. The monoisotopic (exact) mass is 468 g/mol. The lowest BCUT2D eigenvalue weighted by molar-refractivity contribution is -0.385. The molecule has 0 aliphatic heterocycles. The highest BCUT2D eigenvalue weighted by molar-refractivity contribution is 9.10. The molecule has 150 valence electrons. The Balaban J connectivity index is 1.49. The molecule has 1 amide bonds. The van der Waals surface area contributed by atoms with Crippen molar-refractivity contribution in [2.45, 2.75) is 6.92 Å². The van der Waals surface area contributed by atoms with Crippen molar-refractivity contribution in [3.8, 4) is 23.0 Å². The van der Waals surface area contributed by atoms with Gasteiger partial charge >= 0.3 is 0 Å². The fourth-order valence-corrected chi connectivity index (χ4v) is 3.03. The summed E-state index contributed by atoms with van der Waals surface area (Å²) in [7, 11) is 0. The Labute approximate surface area is 178 Å². The zero-order valence-corrected chi connectivity index (χ0v) is 17.0. The van der Waals surface area contributed by atoms with Crippen LogP contribution in [0.25, 0.3) is 23.0 Å². The third-order valence-corrected chi connectivity index (χ3v) is 4.71. The van der Waals surface area contributed by atoms with Crippen LogP contribution in [-0.2, 0) is 0 Å². The van der Waals surface area contributed by atoms with Gasteiger partial charge in [-0.25, -0.2) is 0 Å². The van der Waals surface area contributed by atoms with Crippen LogP contribution in [0.4, 0.5) is 11.4 Å². The van der Waals surface area contributed by atoms with E-state index in [0.29, 0.717) is 33.1 Å². The van der Waals surface area contributed by atoms with Gasteiger partial charge in [0.15, 0.2) is 10.4 Å². The maximum atomic E-state index is 12.4. The SMILES string of the molecule is Cc1ccc(C(=O)Nc2ccc(-c3noc(-c4ccc(Br)o4)n3)cc2)cc1[N+](=O)[O-]. The summed E-state index contributed by atoms with van der Waals surface area (Å²) in [5.74, 6) is 0.603. The van der Waals surface area contributed by atoms with Crippen LogP contribution >= 0.6 is 15.9 Å². The number of rotatable bonds is 5. The van der Waals surface area contributed by atoms with Gasteiger partial charge in [-0.3, -0.25) is 14.9 Å². The molecule has 30 heavy (non-hydrogen) atoms. The molecule has 2 aromatic carbocycles. The molecule has 0 spiro atoms. The van der Waals surface area contributed by atoms with Gasteiger partial charge in [0.2, 0.25) is 5.82 Å². The van der Waals surface area contributed by atoms with Crippen molar-refractivity contribution in [3.05, 3.63) is 80.5 Å². The molecule has 2 aromatic heterocycles. The molecular weight excluding hydrogens is 456 g/mol. The Kier molecular flexibility index (Phi) is 5.15. The number of halogens is 1. The highest BCUT2D eigenvalue weighted by Gasteiger charge is 2.16. The number of anilines is 1. The summed E-state index contributed by atoms with van der Waals surface area (Å²) in [6.07, 6.45) is 0. The molecule has 0 aliphatic carbocycles. The van der Waals surface area contributed by atoms with Crippen LogP contribution in [0.5, 0.6) is 0 Å². The number of nitrogens with one attached hydrogen (secondary N) is 1. The third kappa shape index (κ3) is 3.98. The number of aryl methyl sites for hydroxylation is 1. The number of nitrogens with zero attached hydrogens (tertiary/aromatic N) is 3. The summed E-state index contributed by atoms with van der Waals surface area (Å²) in [5, 5.41) is 17.7. The van der Waals surface area contributed by atoms with Gasteiger partial charge in [-0.2, -0.15) is 4.98 Å². The molecule has 4 rings (SSSR count). The average Bonchev–Trinajstić information content (AvgIpc) is 3.38. The fraction of sp³-hybridized carbons (Fsp3) is 0.0500. The lowest BCUT2D eigenvalue weighted by atomic mass is 10.1. The van der Waals surface area contributed by atoms with E-state index in [1.165, 1.54) is 6.07 Å². The zero-order chi connectivity index (χ0) is 21.3. The van der Waals surface area contributed by atoms with Crippen LogP contribution in [0.15, 0.2) is 68.2 Å². The molecule has 0 unspecified atom stereocenters. The molecule has 0 aliphatic rings. The predicted octanol–water partition coefficient (Wildman–Crippen LogP) is 5.23. The van der Waals surface area contributed by atoms with E-state index in [1.54, 1.807) is 55.5 Å². The second-order valence-electron chi connectivity index (χ2n) is 6.32. The molecule has 1 N–H and O–H groups in total. The van der Waals surface area contributed by atoms with Crippen LogP contribution in [-0.4, -0.2) is 21.0 Å². The summed E-state index contributed by atoms with van der Waals surface area (Å²) >= 11 is 3.22. The van der Waals surface area contributed by atoms with Gasteiger partial charge < -0.3 is 14.3 Å². The normalized spacial score (nSPS) is 10.7. The maximum absolute atomic E-state index is 12.4. The summed E-state index contributed by atoms with van der Waals surface area (Å²) in [4.78, 5) is 27.3. The van der Waals surface area contributed by atoms with Crippen LogP contribution in [0.1, 0.15) is 15.9 Å². The van der Waals surface area contributed by atoms with Crippen molar-refractivity contribution >= 4 is 33.2 Å². The van der Waals surface area contributed by atoms with Crippen molar-refractivity contribution in [3.63, 3.8) is 0 Å². The molecule has 0 atom stereocenters. The quantitative estimate of drug-likeness (QED) is 0.314. The zero-order valence-electron chi connectivity index (χ0n) is 15.5. The minimum atomic E-state index is -0.512. The van der Waals surface area contributed by atoms with E-state index in [0.717, 1.165) is 0 Å². The van der Waals surface area contributed by atoms with Crippen molar-refractivity contribution in [2.24, 2.45) is 0 Å². The van der Waals surface area contributed by atoms with Gasteiger partial charge in [-0.1, -0.05) is 11.2 Å². The standard InChI is InChI=1S/C20H13BrN4O5/c1-11-2-3-13(10-15(11)25(27)28)19(26)22-14-6-4-12(5-7-14)18-23-20(30-24-18)16-8-9-17(21)29-16/h2-10H,1H3,(H,22,26). The number of furan rings is 1. The van der Waals surface area contributed by atoms with Gasteiger partial charge in [0.1, 0.15) is 0 Å². The number of nitro benzene ring substituents is 1. The van der Waals surface area contributed by atoms with E-state index in [9.17, 15) is 14.9 Å².